The Morgan fingerprint density at radius 2 is 2.11 bits per heavy atom. The molecule has 4 heteroatoms. The first-order chi connectivity index (χ1) is 9.04. The Morgan fingerprint density at radius 1 is 1.37 bits per heavy atom. The van der Waals surface area contributed by atoms with Gasteiger partial charge in [0.05, 0.1) is 6.07 Å². The number of nitrogens with two attached hydrogens (primary N) is 1. The molecule has 0 aliphatic carbocycles. The van der Waals surface area contributed by atoms with Crippen LogP contribution in [0.1, 0.15) is 46.0 Å². The third-order valence-corrected chi connectivity index (χ3v) is 4.42. The molecule has 1 saturated heterocycles. The van der Waals surface area contributed by atoms with Gasteiger partial charge in [0.2, 0.25) is 0 Å². The molecule has 1 aliphatic heterocycles. The van der Waals surface area contributed by atoms with Gasteiger partial charge in [0.25, 0.3) is 0 Å². The van der Waals surface area contributed by atoms with E-state index in [1.165, 1.54) is 25.9 Å². The Balaban J connectivity index is 2.44. The minimum Gasteiger partial charge on any atom is -0.313 e. The summed E-state index contributed by atoms with van der Waals surface area (Å²) in [7, 11) is 2.21. The SMILES string of the molecule is CCC1CN(C)CCCN1CCCC(N)(C#N)CC. The molecule has 0 saturated carbocycles. The van der Waals surface area contributed by atoms with Gasteiger partial charge in [0, 0.05) is 12.6 Å². The first kappa shape index (κ1) is 16.4. The second-order valence-corrected chi connectivity index (χ2v) is 5.94. The zero-order valence-electron chi connectivity index (χ0n) is 12.9. The summed E-state index contributed by atoms with van der Waals surface area (Å²) < 4.78 is 0. The van der Waals surface area contributed by atoms with Crippen LogP contribution < -0.4 is 5.73 Å². The zero-order valence-corrected chi connectivity index (χ0v) is 12.9. The van der Waals surface area contributed by atoms with E-state index >= 15 is 0 Å². The molecular weight excluding hydrogens is 236 g/mol. The van der Waals surface area contributed by atoms with Gasteiger partial charge >= 0.3 is 0 Å². The highest BCUT2D eigenvalue weighted by Gasteiger charge is 2.24. The maximum absolute atomic E-state index is 9.10. The molecule has 1 heterocycles. The van der Waals surface area contributed by atoms with Gasteiger partial charge in [-0.05, 0) is 58.8 Å². The average molecular weight is 266 g/mol. The molecule has 0 aromatic carbocycles. The molecule has 0 spiro atoms. The second-order valence-electron chi connectivity index (χ2n) is 5.94. The number of hydrogen-bond acceptors (Lipinski definition) is 4. The predicted octanol–water partition coefficient (Wildman–Crippen LogP) is 1.81. The fourth-order valence-corrected chi connectivity index (χ4v) is 2.88. The van der Waals surface area contributed by atoms with E-state index in [9.17, 15) is 0 Å². The zero-order chi connectivity index (χ0) is 14.3. The third kappa shape index (κ3) is 5.10. The fraction of sp³-hybridized carbons (Fsp3) is 0.933. The molecule has 1 fully saturated rings. The van der Waals surface area contributed by atoms with Crippen molar-refractivity contribution in [2.75, 3.05) is 33.2 Å². The monoisotopic (exact) mass is 266 g/mol. The lowest BCUT2D eigenvalue weighted by Gasteiger charge is -2.31. The normalized spacial score (nSPS) is 25.5. The van der Waals surface area contributed by atoms with Gasteiger partial charge in [-0.3, -0.25) is 4.90 Å². The van der Waals surface area contributed by atoms with Gasteiger partial charge in [0.15, 0.2) is 0 Å². The summed E-state index contributed by atoms with van der Waals surface area (Å²) in [6.45, 7) is 8.88. The number of likely N-dealkylation sites (N-methyl/N-ethyl adjacent to an activating group) is 1. The van der Waals surface area contributed by atoms with Crippen molar-refractivity contribution in [1.82, 2.24) is 9.80 Å². The lowest BCUT2D eigenvalue weighted by atomic mass is 9.93. The Labute approximate surface area is 118 Å². The molecule has 0 bridgehead atoms. The van der Waals surface area contributed by atoms with Crippen molar-refractivity contribution in [2.45, 2.75) is 57.5 Å². The van der Waals surface area contributed by atoms with Crippen LogP contribution in [0.2, 0.25) is 0 Å². The molecule has 4 nitrogen and oxygen atoms in total. The van der Waals surface area contributed by atoms with Crippen molar-refractivity contribution in [3.05, 3.63) is 0 Å². The van der Waals surface area contributed by atoms with Crippen LogP contribution in [0.15, 0.2) is 0 Å². The maximum Gasteiger partial charge on any atom is 0.104 e. The lowest BCUT2D eigenvalue weighted by Crippen LogP contribution is -2.42. The molecule has 2 atom stereocenters. The van der Waals surface area contributed by atoms with Crippen LogP contribution in [-0.4, -0.2) is 54.6 Å². The Morgan fingerprint density at radius 3 is 2.68 bits per heavy atom. The lowest BCUT2D eigenvalue weighted by molar-refractivity contribution is 0.177. The molecule has 1 aliphatic rings. The Hall–Kier alpha value is -0.630. The molecule has 1 rings (SSSR count). The van der Waals surface area contributed by atoms with Crippen molar-refractivity contribution in [3.63, 3.8) is 0 Å². The highest BCUT2D eigenvalue weighted by Crippen LogP contribution is 2.17. The number of hydrogen-bond donors (Lipinski definition) is 1. The van der Waals surface area contributed by atoms with Gasteiger partial charge < -0.3 is 10.6 Å². The van der Waals surface area contributed by atoms with Crippen LogP contribution in [0.3, 0.4) is 0 Å². The van der Waals surface area contributed by atoms with Crippen LogP contribution in [0, 0.1) is 11.3 Å². The summed E-state index contributed by atoms with van der Waals surface area (Å²) >= 11 is 0. The highest BCUT2D eigenvalue weighted by molar-refractivity contribution is 5.03. The molecule has 0 radical (unpaired) electrons. The molecule has 2 unspecified atom stereocenters. The minimum absolute atomic E-state index is 0.621. The first-order valence-electron chi connectivity index (χ1n) is 7.67. The smallest absolute Gasteiger partial charge is 0.104 e. The summed E-state index contributed by atoms with van der Waals surface area (Å²) in [4.78, 5) is 5.03. The van der Waals surface area contributed by atoms with E-state index < -0.39 is 5.54 Å². The number of nitrogens with zero attached hydrogens (tertiary/aromatic N) is 3. The minimum atomic E-state index is -0.621. The van der Waals surface area contributed by atoms with Gasteiger partial charge in [-0.25, -0.2) is 0 Å². The summed E-state index contributed by atoms with van der Waals surface area (Å²) in [6, 6.07) is 2.92. The van der Waals surface area contributed by atoms with Crippen LogP contribution in [0.25, 0.3) is 0 Å². The highest BCUT2D eigenvalue weighted by atomic mass is 15.2. The fourth-order valence-electron chi connectivity index (χ4n) is 2.88. The molecule has 0 amide bonds. The van der Waals surface area contributed by atoms with E-state index in [0.29, 0.717) is 6.04 Å². The second kappa shape index (κ2) is 7.84. The summed E-state index contributed by atoms with van der Waals surface area (Å²) in [5.41, 5.74) is 5.42. The molecule has 0 aromatic heterocycles. The van der Waals surface area contributed by atoms with E-state index in [-0.39, 0.29) is 0 Å². The largest absolute Gasteiger partial charge is 0.313 e. The van der Waals surface area contributed by atoms with Crippen molar-refractivity contribution < 1.29 is 0 Å². The Kier molecular flexibility index (Phi) is 6.78. The summed E-state index contributed by atoms with van der Waals surface area (Å²) in [5, 5.41) is 9.10. The molecule has 19 heavy (non-hydrogen) atoms. The van der Waals surface area contributed by atoms with E-state index in [4.69, 9.17) is 11.0 Å². The molecule has 0 aromatic rings. The number of rotatable bonds is 6. The third-order valence-electron chi connectivity index (χ3n) is 4.42. The van der Waals surface area contributed by atoms with Crippen molar-refractivity contribution in [2.24, 2.45) is 5.73 Å². The quantitative estimate of drug-likeness (QED) is 0.796. The van der Waals surface area contributed by atoms with E-state index in [2.05, 4.69) is 29.8 Å². The standard InChI is InChI=1S/C15H30N4/c1-4-14-12-18(3)9-7-11-19(14)10-6-8-15(17,5-2)13-16/h14H,4-12,17H2,1-3H3. The van der Waals surface area contributed by atoms with Crippen LogP contribution in [-0.2, 0) is 0 Å². The molecular formula is C15H30N4. The van der Waals surface area contributed by atoms with Gasteiger partial charge in [-0.2, -0.15) is 5.26 Å². The summed E-state index contributed by atoms with van der Waals surface area (Å²) in [5.74, 6) is 0. The van der Waals surface area contributed by atoms with Crippen molar-refractivity contribution in [1.29, 1.82) is 5.26 Å². The van der Waals surface area contributed by atoms with Gasteiger partial charge in [0.1, 0.15) is 5.54 Å². The molecule has 2 N–H and O–H groups in total. The van der Waals surface area contributed by atoms with E-state index in [1.807, 2.05) is 6.92 Å². The van der Waals surface area contributed by atoms with E-state index in [1.54, 1.807) is 0 Å². The van der Waals surface area contributed by atoms with Crippen molar-refractivity contribution >= 4 is 0 Å². The van der Waals surface area contributed by atoms with E-state index in [0.717, 1.165) is 32.4 Å². The van der Waals surface area contributed by atoms with Gasteiger partial charge in [-0.15, -0.1) is 0 Å². The van der Waals surface area contributed by atoms with Crippen LogP contribution in [0.4, 0.5) is 0 Å². The average Bonchev–Trinajstić information content (AvgIpc) is 2.60. The first-order valence-corrected chi connectivity index (χ1v) is 7.67. The van der Waals surface area contributed by atoms with Crippen LogP contribution in [0.5, 0.6) is 0 Å². The number of nitriles is 1. The summed E-state index contributed by atoms with van der Waals surface area (Å²) in [6.07, 6.45) is 5.02. The van der Waals surface area contributed by atoms with Gasteiger partial charge in [-0.1, -0.05) is 13.8 Å². The Bertz CT molecular complexity index is 299. The van der Waals surface area contributed by atoms with Crippen molar-refractivity contribution in [3.8, 4) is 6.07 Å². The molecule has 110 valence electrons. The topological polar surface area (TPSA) is 56.3 Å². The van der Waals surface area contributed by atoms with Crippen LogP contribution >= 0.6 is 0 Å². The maximum atomic E-state index is 9.10. The predicted molar refractivity (Wildman–Crippen MR) is 79.8 cm³/mol.